The van der Waals surface area contributed by atoms with Crippen LogP contribution in [0.2, 0.25) is 0 Å². The van der Waals surface area contributed by atoms with Crippen LogP contribution in [0.25, 0.3) is 0 Å². The Kier molecular flexibility index (Phi) is 4.78. The van der Waals surface area contributed by atoms with Crippen molar-refractivity contribution in [3.8, 4) is 0 Å². The molecule has 1 amide bonds. The summed E-state index contributed by atoms with van der Waals surface area (Å²) in [6.45, 7) is 2.40. The van der Waals surface area contributed by atoms with Gasteiger partial charge < -0.3 is 5.32 Å². The van der Waals surface area contributed by atoms with Crippen LogP contribution >= 0.6 is 0 Å². The topological polar surface area (TPSA) is 63.1 Å². The van der Waals surface area contributed by atoms with Gasteiger partial charge >= 0.3 is 0 Å². The van der Waals surface area contributed by atoms with E-state index >= 15 is 0 Å². The van der Waals surface area contributed by atoms with E-state index in [9.17, 15) is 4.79 Å². The molecule has 1 saturated carbocycles. The fourth-order valence-corrected chi connectivity index (χ4v) is 4.10. The highest BCUT2D eigenvalue weighted by atomic mass is 16.1. The van der Waals surface area contributed by atoms with Crippen LogP contribution in [-0.2, 0) is 17.9 Å². The SMILES string of the molecule is O=C(C[C@@H]1CN(C2CCCC2)Cc2ccnn21)NCc1cccnc1. The number of nitrogens with one attached hydrogen (secondary N) is 1. The van der Waals surface area contributed by atoms with E-state index in [1.54, 1.807) is 12.4 Å². The van der Waals surface area contributed by atoms with E-state index in [0.29, 0.717) is 19.0 Å². The van der Waals surface area contributed by atoms with Gasteiger partial charge in [0.2, 0.25) is 5.91 Å². The number of pyridine rings is 1. The van der Waals surface area contributed by atoms with E-state index < -0.39 is 0 Å². The molecule has 0 bridgehead atoms. The molecule has 1 aliphatic heterocycles. The number of rotatable bonds is 5. The van der Waals surface area contributed by atoms with Crippen molar-refractivity contribution < 1.29 is 4.79 Å². The summed E-state index contributed by atoms with van der Waals surface area (Å²) in [6, 6.07) is 6.74. The smallest absolute Gasteiger partial charge is 0.222 e. The molecule has 3 heterocycles. The Bertz CT molecular complexity index is 708. The first-order valence-corrected chi connectivity index (χ1v) is 9.21. The minimum atomic E-state index is 0.0728. The number of nitrogens with zero attached hydrogens (tertiary/aromatic N) is 4. The molecule has 1 N–H and O–H groups in total. The van der Waals surface area contributed by atoms with E-state index in [1.807, 2.05) is 18.3 Å². The lowest BCUT2D eigenvalue weighted by molar-refractivity contribution is -0.122. The number of carbonyl (C=O) groups excluding carboxylic acids is 1. The van der Waals surface area contributed by atoms with E-state index in [0.717, 1.165) is 18.7 Å². The Hall–Kier alpha value is -2.21. The number of carbonyl (C=O) groups is 1. The largest absolute Gasteiger partial charge is 0.352 e. The Balaban J connectivity index is 1.39. The predicted molar refractivity (Wildman–Crippen MR) is 94.6 cm³/mol. The standard InChI is InChI=1S/C19H25N5O/c25-19(21-12-15-4-3-8-20-11-15)10-18-14-23(16-5-1-2-6-16)13-17-7-9-22-24(17)18/h3-4,7-9,11,16,18H,1-2,5-6,10,12-14H2,(H,21,25)/t18-/m1/s1. The third-order valence-corrected chi connectivity index (χ3v) is 5.38. The van der Waals surface area contributed by atoms with Gasteiger partial charge in [0.25, 0.3) is 0 Å². The Morgan fingerprint density at radius 1 is 1.24 bits per heavy atom. The van der Waals surface area contributed by atoms with Crippen LogP contribution < -0.4 is 5.32 Å². The molecule has 0 spiro atoms. The lowest BCUT2D eigenvalue weighted by Gasteiger charge is -2.37. The predicted octanol–water partition coefficient (Wildman–Crippen LogP) is 2.28. The van der Waals surface area contributed by atoms with Gasteiger partial charge in [0.1, 0.15) is 0 Å². The highest BCUT2D eigenvalue weighted by Gasteiger charge is 2.32. The van der Waals surface area contributed by atoms with Gasteiger partial charge in [-0.15, -0.1) is 0 Å². The maximum atomic E-state index is 12.5. The summed E-state index contributed by atoms with van der Waals surface area (Å²) in [6.07, 6.45) is 11.1. The Morgan fingerprint density at radius 3 is 2.92 bits per heavy atom. The second-order valence-corrected chi connectivity index (χ2v) is 7.13. The Labute approximate surface area is 148 Å². The first-order chi connectivity index (χ1) is 12.3. The highest BCUT2D eigenvalue weighted by molar-refractivity contribution is 5.76. The minimum Gasteiger partial charge on any atom is -0.352 e. The molecule has 0 aromatic carbocycles. The molecule has 2 aromatic rings. The fourth-order valence-electron chi connectivity index (χ4n) is 4.10. The van der Waals surface area contributed by atoms with Gasteiger partial charge in [-0.05, 0) is 30.5 Å². The van der Waals surface area contributed by atoms with Crippen LogP contribution in [0.15, 0.2) is 36.8 Å². The molecule has 2 aliphatic rings. The van der Waals surface area contributed by atoms with Gasteiger partial charge in [0.15, 0.2) is 0 Å². The molecule has 0 saturated heterocycles. The van der Waals surface area contributed by atoms with E-state index in [-0.39, 0.29) is 11.9 Å². The molecule has 25 heavy (non-hydrogen) atoms. The summed E-state index contributed by atoms with van der Waals surface area (Å²) >= 11 is 0. The van der Waals surface area contributed by atoms with Crippen LogP contribution in [0, 0.1) is 0 Å². The van der Waals surface area contributed by atoms with Crippen molar-refractivity contribution in [1.29, 1.82) is 0 Å². The normalized spacial score (nSPS) is 21.2. The molecule has 132 valence electrons. The van der Waals surface area contributed by atoms with E-state index in [1.165, 1.54) is 31.4 Å². The van der Waals surface area contributed by atoms with Gasteiger partial charge in [-0.3, -0.25) is 19.4 Å². The first kappa shape index (κ1) is 16.3. The van der Waals surface area contributed by atoms with Gasteiger partial charge in [-0.25, -0.2) is 0 Å². The van der Waals surface area contributed by atoms with Gasteiger partial charge in [0.05, 0.1) is 18.2 Å². The third-order valence-electron chi connectivity index (χ3n) is 5.38. The molecule has 6 heteroatoms. The highest BCUT2D eigenvalue weighted by Crippen LogP contribution is 2.30. The second-order valence-electron chi connectivity index (χ2n) is 7.13. The van der Waals surface area contributed by atoms with E-state index in [4.69, 9.17) is 0 Å². The van der Waals surface area contributed by atoms with Crippen molar-refractivity contribution in [3.63, 3.8) is 0 Å². The summed E-state index contributed by atoms with van der Waals surface area (Å²) in [5.74, 6) is 0.0728. The zero-order valence-electron chi connectivity index (χ0n) is 14.5. The average molecular weight is 339 g/mol. The molecule has 1 fully saturated rings. The minimum absolute atomic E-state index is 0.0728. The zero-order valence-corrected chi connectivity index (χ0v) is 14.5. The number of fused-ring (bicyclic) bond motifs is 1. The van der Waals surface area contributed by atoms with Crippen molar-refractivity contribution in [2.24, 2.45) is 0 Å². The van der Waals surface area contributed by atoms with Gasteiger partial charge in [0, 0.05) is 44.3 Å². The van der Waals surface area contributed by atoms with Crippen LogP contribution in [0.4, 0.5) is 0 Å². The average Bonchev–Trinajstić information content (AvgIpc) is 3.32. The van der Waals surface area contributed by atoms with Crippen LogP contribution in [0.3, 0.4) is 0 Å². The van der Waals surface area contributed by atoms with Crippen molar-refractivity contribution >= 4 is 5.91 Å². The van der Waals surface area contributed by atoms with E-state index in [2.05, 4.69) is 31.0 Å². The third kappa shape index (κ3) is 3.74. The monoisotopic (exact) mass is 339 g/mol. The summed E-state index contributed by atoms with van der Waals surface area (Å²) in [7, 11) is 0. The van der Waals surface area contributed by atoms with Crippen molar-refractivity contribution in [1.82, 2.24) is 25.0 Å². The molecule has 1 atom stereocenters. The van der Waals surface area contributed by atoms with Gasteiger partial charge in [-0.2, -0.15) is 5.10 Å². The molecule has 0 radical (unpaired) electrons. The molecule has 6 nitrogen and oxygen atoms in total. The molecular weight excluding hydrogens is 314 g/mol. The number of hydrogen-bond donors (Lipinski definition) is 1. The molecular formula is C19H25N5O. The lowest BCUT2D eigenvalue weighted by atomic mass is 10.1. The number of amides is 1. The maximum absolute atomic E-state index is 12.5. The first-order valence-electron chi connectivity index (χ1n) is 9.21. The molecule has 1 aliphatic carbocycles. The lowest BCUT2D eigenvalue weighted by Crippen LogP contribution is -2.44. The second kappa shape index (κ2) is 7.35. The van der Waals surface area contributed by atoms with Gasteiger partial charge in [-0.1, -0.05) is 18.9 Å². The van der Waals surface area contributed by atoms with Crippen LogP contribution in [-0.4, -0.2) is 38.2 Å². The van der Waals surface area contributed by atoms with Crippen molar-refractivity contribution in [2.75, 3.05) is 6.54 Å². The summed E-state index contributed by atoms with van der Waals surface area (Å²) in [5, 5.41) is 7.49. The molecule has 0 unspecified atom stereocenters. The van der Waals surface area contributed by atoms with Crippen molar-refractivity contribution in [3.05, 3.63) is 48.0 Å². The van der Waals surface area contributed by atoms with Crippen molar-refractivity contribution in [2.45, 2.75) is 57.3 Å². The zero-order chi connectivity index (χ0) is 17.1. The van der Waals surface area contributed by atoms with Crippen LogP contribution in [0.5, 0.6) is 0 Å². The molecule has 4 rings (SSSR count). The number of hydrogen-bond acceptors (Lipinski definition) is 4. The number of aromatic nitrogens is 3. The summed E-state index contributed by atoms with van der Waals surface area (Å²) in [4.78, 5) is 19.1. The fraction of sp³-hybridized carbons (Fsp3) is 0.526. The summed E-state index contributed by atoms with van der Waals surface area (Å²) < 4.78 is 2.05. The summed E-state index contributed by atoms with van der Waals surface area (Å²) in [5.41, 5.74) is 2.25. The quantitative estimate of drug-likeness (QED) is 0.908. The Morgan fingerprint density at radius 2 is 2.12 bits per heavy atom. The van der Waals surface area contributed by atoms with Crippen LogP contribution in [0.1, 0.15) is 49.4 Å². The maximum Gasteiger partial charge on any atom is 0.222 e. The molecule has 2 aromatic heterocycles.